The molecule has 0 aliphatic carbocycles. The zero-order valence-electron chi connectivity index (χ0n) is 14.9. The first kappa shape index (κ1) is 16.3. The molecule has 2 heterocycles. The number of imidazole rings is 1. The minimum absolute atomic E-state index is 0.844. The second-order valence-electron chi connectivity index (χ2n) is 6.43. The van der Waals surface area contributed by atoms with Crippen molar-refractivity contribution in [1.82, 2.24) is 14.5 Å². The molecule has 4 rings (SSSR count). The van der Waals surface area contributed by atoms with Crippen LogP contribution < -0.4 is 0 Å². The number of pyridine rings is 1. The van der Waals surface area contributed by atoms with E-state index in [2.05, 4.69) is 55.1 Å². The largest absolute Gasteiger partial charge is 0.331 e. The smallest absolute Gasteiger partial charge is 0.110 e. The van der Waals surface area contributed by atoms with Crippen molar-refractivity contribution in [3.05, 3.63) is 84.3 Å². The summed E-state index contributed by atoms with van der Waals surface area (Å²) in [5, 5.41) is 1.17. The molecule has 4 aromatic rings. The van der Waals surface area contributed by atoms with Gasteiger partial charge >= 0.3 is 0 Å². The number of rotatable bonds is 5. The summed E-state index contributed by atoms with van der Waals surface area (Å²) in [5.74, 6) is 1.05. The maximum absolute atomic E-state index is 4.83. The summed E-state index contributed by atoms with van der Waals surface area (Å²) in [7, 11) is 2.07. The fourth-order valence-corrected chi connectivity index (χ4v) is 3.50. The van der Waals surface area contributed by atoms with E-state index in [1.165, 1.54) is 5.39 Å². The van der Waals surface area contributed by atoms with Gasteiger partial charge in [-0.2, -0.15) is 0 Å². The molecule has 0 saturated carbocycles. The van der Waals surface area contributed by atoms with Crippen molar-refractivity contribution in [3.63, 3.8) is 0 Å². The normalized spacial score (nSPS) is 11.1. The Kier molecular flexibility index (Phi) is 4.13. The summed E-state index contributed by atoms with van der Waals surface area (Å²) in [6.07, 6.45) is 5.45. The first-order valence-corrected chi connectivity index (χ1v) is 8.79. The monoisotopic (exact) mass is 339 g/mol. The summed E-state index contributed by atoms with van der Waals surface area (Å²) >= 11 is 0. The van der Waals surface area contributed by atoms with Gasteiger partial charge in [-0.05, 0) is 30.2 Å². The Morgan fingerprint density at radius 2 is 1.73 bits per heavy atom. The third kappa shape index (κ3) is 2.72. The predicted molar refractivity (Wildman–Crippen MR) is 110 cm³/mol. The predicted octanol–water partition coefficient (Wildman–Crippen LogP) is 5.19. The van der Waals surface area contributed by atoms with Gasteiger partial charge in [0.15, 0.2) is 0 Å². The van der Waals surface area contributed by atoms with Gasteiger partial charge < -0.3 is 4.57 Å². The Morgan fingerprint density at radius 1 is 0.885 bits per heavy atom. The van der Waals surface area contributed by atoms with E-state index in [4.69, 9.17) is 9.97 Å². The minimum Gasteiger partial charge on any atom is -0.331 e. The number of hydrogen-bond acceptors (Lipinski definition) is 2. The van der Waals surface area contributed by atoms with Gasteiger partial charge in [0.2, 0.25) is 0 Å². The second-order valence-corrected chi connectivity index (χ2v) is 6.43. The van der Waals surface area contributed by atoms with Crippen LogP contribution in [-0.2, 0) is 19.9 Å². The standard InChI is InChI=1S/C23H21N3/c1-4-16-11-14-21-23(19(16)5-2)26(3)22(25-21)15-13-18-12-10-17-8-6-7-9-20(17)24-18/h4-12,14H,1-2,13,15H2,3H3. The molecule has 0 spiro atoms. The van der Waals surface area contributed by atoms with Crippen LogP contribution >= 0.6 is 0 Å². The molecule has 0 atom stereocenters. The van der Waals surface area contributed by atoms with E-state index in [9.17, 15) is 0 Å². The van der Waals surface area contributed by atoms with Crippen LogP contribution in [0.25, 0.3) is 34.1 Å². The summed E-state index contributed by atoms with van der Waals surface area (Å²) in [6.45, 7) is 7.86. The first-order valence-electron chi connectivity index (χ1n) is 8.79. The molecule has 0 bridgehead atoms. The van der Waals surface area contributed by atoms with Crippen molar-refractivity contribution in [2.45, 2.75) is 12.8 Å². The summed E-state index contributed by atoms with van der Waals surface area (Å²) in [6, 6.07) is 16.6. The summed E-state index contributed by atoms with van der Waals surface area (Å²) in [4.78, 5) is 9.60. The van der Waals surface area contributed by atoms with Gasteiger partial charge in [-0.25, -0.2) is 4.98 Å². The highest BCUT2D eigenvalue weighted by Crippen LogP contribution is 2.25. The topological polar surface area (TPSA) is 30.7 Å². The van der Waals surface area contributed by atoms with Gasteiger partial charge in [-0.3, -0.25) is 4.98 Å². The highest BCUT2D eigenvalue weighted by Gasteiger charge is 2.12. The Hall–Kier alpha value is -3.20. The number of fused-ring (bicyclic) bond motifs is 2. The Balaban J connectivity index is 1.67. The van der Waals surface area contributed by atoms with Crippen LogP contribution in [-0.4, -0.2) is 14.5 Å². The third-order valence-corrected chi connectivity index (χ3v) is 4.89. The number of hydrogen-bond donors (Lipinski definition) is 0. The lowest BCUT2D eigenvalue weighted by Gasteiger charge is -2.07. The van der Waals surface area contributed by atoms with Crippen LogP contribution in [0.1, 0.15) is 22.6 Å². The van der Waals surface area contributed by atoms with Crippen molar-refractivity contribution in [2.24, 2.45) is 7.05 Å². The van der Waals surface area contributed by atoms with Crippen LogP contribution in [0.4, 0.5) is 0 Å². The summed E-state index contributed by atoms with van der Waals surface area (Å²) < 4.78 is 2.17. The fourth-order valence-electron chi connectivity index (χ4n) is 3.50. The number of benzene rings is 2. The van der Waals surface area contributed by atoms with Crippen LogP contribution in [0.15, 0.2) is 61.7 Å². The molecule has 0 radical (unpaired) electrons. The lowest BCUT2D eigenvalue weighted by atomic mass is 10.1. The molecule has 26 heavy (non-hydrogen) atoms. The molecule has 2 aromatic carbocycles. The van der Waals surface area contributed by atoms with Crippen LogP contribution in [0.5, 0.6) is 0 Å². The zero-order valence-corrected chi connectivity index (χ0v) is 14.9. The van der Waals surface area contributed by atoms with Gasteiger partial charge in [0, 0.05) is 30.1 Å². The maximum atomic E-state index is 4.83. The van der Waals surface area contributed by atoms with Gasteiger partial charge in [-0.1, -0.05) is 55.6 Å². The fraction of sp³-hybridized carbons (Fsp3) is 0.130. The zero-order chi connectivity index (χ0) is 18.1. The van der Waals surface area contributed by atoms with Crippen molar-refractivity contribution in [3.8, 4) is 0 Å². The molecule has 0 saturated heterocycles. The van der Waals surface area contributed by atoms with Crippen molar-refractivity contribution >= 4 is 34.1 Å². The van der Waals surface area contributed by atoms with E-state index >= 15 is 0 Å². The van der Waals surface area contributed by atoms with E-state index < -0.39 is 0 Å². The molecule has 3 nitrogen and oxygen atoms in total. The molecule has 0 aliphatic heterocycles. The van der Waals surface area contributed by atoms with Gasteiger partial charge in [0.05, 0.1) is 16.6 Å². The molecule has 2 aromatic heterocycles. The Labute approximate surface area is 153 Å². The Morgan fingerprint density at radius 3 is 2.54 bits per heavy atom. The SMILES string of the molecule is C=Cc1ccc2nc(CCc3ccc4ccccc4n3)n(C)c2c1C=C. The molecular weight excluding hydrogens is 318 g/mol. The maximum Gasteiger partial charge on any atom is 0.110 e. The number of aromatic nitrogens is 3. The average molecular weight is 339 g/mol. The lowest BCUT2D eigenvalue weighted by molar-refractivity contribution is 0.777. The number of nitrogens with zero attached hydrogens (tertiary/aromatic N) is 3. The highest BCUT2D eigenvalue weighted by molar-refractivity contribution is 5.89. The molecule has 0 N–H and O–H groups in total. The molecular formula is C23H21N3. The minimum atomic E-state index is 0.844. The second kappa shape index (κ2) is 6.60. The van der Waals surface area contributed by atoms with Crippen molar-refractivity contribution in [2.75, 3.05) is 0 Å². The van der Waals surface area contributed by atoms with Crippen LogP contribution in [0, 0.1) is 0 Å². The van der Waals surface area contributed by atoms with Gasteiger partial charge in [-0.15, -0.1) is 0 Å². The summed E-state index contributed by atoms with van der Waals surface area (Å²) in [5.41, 5.74) is 6.40. The van der Waals surface area contributed by atoms with Crippen LogP contribution in [0.2, 0.25) is 0 Å². The van der Waals surface area contributed by atoms with Gasteiger partial charge in [0.1, 0.15) is 5.82 Å². The highest BCUT2D eigenvalue weighted by atomic mass is 15.1. The van der Waals surface area contributed by atoms with E-state index in [0.717, 1.165) is 52.0 Å². The molecule has 0 unspecified atom stereocenters. The molecule has 0 aliphatic rings. The Bertz CT molecular complexity index is 1140. The quantitative estimate of drug-likeness (QED) is 0.501. The van der Waals surface area contributed by atoms with Crippen molar-refractivity contribution < 1.29 is 0 Å². The average Bonchev–Trinajstić information content (AvgIpc) is 3.01. The third-order valence-electron chi connectivity index (χ3n) is 4.89. The van der Waals surface area contributed by atoms with E-state index in [1.54, 1.807) is 0 Å². The van der Waals surface area contributed by atoms with E-state index in [0.29, 0.717) is 0 Å². The van der Waals surface area contributed by atoms with E-state index in [1.807, 2.05) is 30.4 Å². The van der Waals surface area contributed by atoms with Crippen molar-refractivity contribution in [1.29, 1.82) is 0 Å². The van der Waals surface area contributed by atoms with Crippen LogP contribution in [0.3, 0.4) is 0 Å². The van der Waals surface area contributed by atoms with Gasteiger partial charge in [0.25, 0.3) is 0 Å². The molecule has 0 amide bonds. The van der Waals surface area contributed by atoms with E-state index in [-0.39, 0.29) is 0 Å². The molecule has 128 valence electrons. The number of aryl methyl sites for hydroxylation is 3. The molecule has 3 heteroatoms. The lowest BCUT2D eigenvalue weighted by Crippen LogP contribution is -2.02. The molecule has 0 fully saturated rings. The number of para-hydroxylation sites is 1. The first-order chi connectivity index (χ1) is 12.7.